The molecule has 19 heavy (non-hydrogen) atoms. The van der Waals surface area contributed by atoms with E-state index >= 15 is 0 Å². The van der Waals surface area contributed by atoms with E-state index < -0.39 is 0 Å². The van der Waals surface area contributed by atoms with Crippen molar-refractivity contribution >= 4 is 6.09 Å². The van der Waals surface area contributed by atoms with Crippen molar-refractivity contribution in [3.05, 3.63) is 29.3 Å². The van der Waals surface area contributed by atoms with Crippen LogP contribution in [0.4, 0.5) is 4.79 Å². The number of hydrogen-bond acceptors (Lipinski definition) is 3. The Hall–Kier alpha value is -1.71. The predicted molar refractivity (Wildman–Crippen MR) is 71.5 cm³/mol. The third kappa shape index (κ3) is 2.15. The van der Waals surface area contributed by atoms with E-state index in [0.29, 0.717) is 19.1 Å². The van der Waals surface area contributed by atoms with Crippen LogP contribution in [0.1, 0.15) is 30.4 Å². The highest BCUT2D eigenvalue weighted by Crippen LogP contribution is 2.42. The number of ether oxygens (including phenoxy) is 2. The van der Waals surface area contributed by atoms with Crippen molar-refractivity contribution in [2.45, 2.75) is 32.3 Å². The van der Waals surface area contributed by atoms with Crippen LogP contribution in [-0.2, 0) is 4.74 Å². The van der Waals surface area contributed by atoms with Crippen LogP contribution in [0.2, 0.25) is 0 Å². The maximum absolute atomic E-state index is 11.8. The minimum Gasteiger partial charge on any atom is -0.488 e. The number of nitrogens with zero attached hydrogens (tertiary/aromatic N) is 1. The number of rotatable bonds is 1. The monoisotopic (exact) mass is 261 g/mol. The second-order valence-corrected chi connectivity index (χ2v) is 5.24. The molecule has 0 aliphatic carbocycles. The molecule has 2 aliphatic heterocycles. The van der Waals surface area contributed by atoms with E-state index in [-0.39, 0.29) is 12.2 Å². The van der Waals surface area contributed by atoms with Gasteiger partial charge in [0.05, 0.1) is 13.2 Å². The summed E-state index contributed by atoms with van der Waals surface area (Å²) >= 11 is 0. The molecule has 1 fully saturated rings. The molecule has 1 saturated heterocycles. The summed E-state index contributed by atoms with van der Waals surface area (Å²) in [7, 11) is 0. The fourth-order valence-electron chi connectivity index (χ4n) is 2.99. The van der Waals surface area contributed by atoms with Gasteiger partial charge in [0, 0.05) is 18.0 Å². The van der Waals surface area contributed by atoms with Crippen LogP contribution in [-0.4, -0.2) is 36.8 Å². The fourth-order valence-corrected chi connectivity index (χ4v) is 2.99. The standard InChI is InChI=1S/C15H19NO3/c1-3-18-15(17)16-7-6-12-11-5-4-10(2)8-13(11)19-14(12)9-16/h4-5,8,12,14H,3,6-7,9H2,1-2H3/t12-,14-/m0/s1. The van der Waals surface area contributed by atoms with Gasteiger partial charge < -0.3 is 14.4 Å². The lowest BCUT2D eigenvalue weighted by molar-refractivity contribution is 0.0624. The summed E-state index contributed by atoms with van der Waals surface area (Å²) in [6.07, 6.45) is 0.797. The van der Waals surface area contributed by atoms with Crippen molar-refractivity contribution in [3.63, 3.8) is 0 Å². The number of benzene rings is 1. The Morgan fingerprint density at radius 3 is 3.16 bits per heavy atom. The van der Waals surface area contributed by atoms with Crippen molar-refractivity contribution in [3.8, 4) is 5.75 Å². The summed E-state index contributed by atoms with van der Waals surface area (Å²) < 4.78 is 11.1. The first-order valence-electron chi connectivity index (χ1n) is 6.88. The maximum Gasteiger partial charge on any atom is 0.409 e. The summed E-state index contributed by atoms with van der Waals surface area (Å²) in [4.78, 5) is 13.5. The molecule has 1 aromatic rings. The fraction of sp³-hybridized carbons (Fsp3) is 0.533. The van der Waals surface area contributed by atoms with E-state index in [1.54, 1.807) is 4.90 Å². The highest BCUT2D eigenvalue weighted by atomic mass is 16.6. The average molecular weight is 261 g/mol. The molecule has 3 rings (SSSR count). The molecule has 1 aromatic carbocycles. The molecule has 0 saturated carbocycles. The lowest BCUT2D eigenvalue weighted by atomic mass is 9.89. The topological polar surface area (TPSA) is 38.8 Å². The van der Waals surface area contributed by atoms with Crippen LogP contribution >= 0.6 is 0 Å². The Balaban J connectivity index is 1.75. The Morgan fingerprint density at radius 2 is 2.37 bits per heavy atom. The largest absolute Gasteiger partial charge is 0.488 e. The van der Waals surface area contributed by atoms with Crippen molar-refractivity contribution in [2.75, 3.05) is 19.7 Å². The third-order valence-corrected chi connectivity index (χ3v) is 3.93. The van der Waals surface area contributed by atoms with Crippen LogP contribution < -0.4 is 4.74 Å². The summed E-state index contributed by atoms with van der Waals surface area (Å²) in [5, 5.41) is 0. The maximum atomic E-state index is 11.8. The molecule has 0 bridgehead atoms. The zero-order chi connectivity index (χ0) is 13.4. The van der Waals surface area contributed by atoms with Gasteiger partial charge in [0.25, 0.3) is 0 Å². The van der Waals surface area contributed by atoms with Crippen LogP contribution in [0, 0.1) is 6.92 Å². The number of piperidine rings is 1. The molecule has 2 aliphatic rings. The van der Waals surface area contributed by atoms with Gasteiger partial charge in [0.1, 0.15) is 11.9 Å². The molecular formula is C15H19NO3. The molecule has 102 valence electrons. The van der Waals surface area contributed by atoms with Gasteiger partial charge in [-0.3, -0.25) is 0 Å². The molecule has 0 N–H and O–H groups in total. The van der Waals surface area contributed by atoms with Gasteiger partial charge in [0.2, 0.25) is 0 Å². The number of aryl methyl sites for hydroxylation is 1. The van der Waals surface area contributed by atoms with Gasteiger partial charge in [-0.15, -0.1) is 0 Å². The van der Waals surface area contributed by atoms with Gasteiger partial charge >= 0.3 is 6.09 Å². The van der Waals surface area contributed by atoms with Gasteiger partial charge in [0.15, 0.2) is 0 Å². The quantitative estimate of drug-likeness (QED) is 0.780. The molecule has 0 unspecified atom stereocenters. The minimum atomic E-state index is -0.225. The van der Waals surface area contributed by atoms with E-state index in [1.807, 2.05) is 6.92 Å². The molecule has 4 heteroatoms. The number of hydrogen-bond donors (Lipinski definition) is 0. The second-order valence-electron chi connectivity index (χ2n) is 5.24. The molecule has 1 amide bonds. The number of carbonyl (C=O) groups excluding carboxylic acids is 1. The van der Waals surface area contributed by atoms with Crippen molar-refractivity contribution < 1.29 is 14.3 Å². The number of fused-ring (bicyclic) bond motifs is 3. The highest BCUT2D eigenvalue weighted by molar-refractivity contribution is 5.68. The number of likely N-dealkylation sites (tertiary alicyclic amines) is 1. The molecule has 0 spiro atoms. The Bertz CT molecular complexity index is 500. The first-order valence-corrected chi connectivity index (χ1v) is 6.88. The Morgan fingerprint density at radius 1 is 1.53 bits per heavy atom. The normalized spacial score (nSPS) is 24.4. The van der Waals surface area contributed by atoms with Crippen molar-refractivity contribution in [1.82, 2.24) is 4.90 Å². The third-order valence-electron chi connectivity index (χ3n) is 3.93. The molecule has 2 atom stereocenters. The van der Waals surface area contributed by atoms with Crippen molar-refractivity contribution in [1.29, 1.82) is 0 Å². The summed E-state index contributed by atoms with van der Waals surface area (Å²) in [5.74, 6) is 1.40. The van der Waals surface area contributed by atoms with Crippen LogP contribution in [0.25, 0.3) is 0 Å². The Labute approximate surface area is 113 Å². The Kier molecular flexibility index (Phi) is 3.09. The summed E-state index contributed by atoms with van der Waals surface area (Å²) in [6, 6.07) is 6.38. The predicted octanol–water partition coefficient (Wildman–Crippen LogP) is 2.70. The SMILES string of the molecule is CCOC(=O)N1CC[C@H]2c3ccc(C)cc3O[C@H]2C1. The lowest BCUT2D eigenvalue weighted by Crippen LogP contribution is -2.46. The smallest absolute Gasteiger partial charge is 0.409 e. The molecule has 4 nitrogen and oxygen atoms in total. The van der Waals surface area contributed by atoms with E-state index in [9.17, 15) is 4.79 Å². The zero-order valence-corrected chi connectivity index (χ0v) is 11.4. The van der Waals surface area contributed by atoms with Crippen LogP contribution in [0.15, 0.2) is 18.2 Å². The van der Waals surface area contributed by atoms with Crippen LogP contribution in [0.5, 0.6) is 5.75 Å². The van der Waals surface area contributed by atoms with Gasteiger partial charge in [-0.05, 0) is 31.9 Å². The number of carbonyl (C=O) groups is 1. The lowest BCUT2D eigenvalue weighted by Gasteiger charge is -2.33. The van der Waals surface area contributed by atoms with E-state index in [1.165, 1.54) is 11.1 Å². The van der Waals surface area contributed by atoms with Crippen molar-refractivity contribution in [2.24, 2.45) is 0 Å². The first-order chi connectivity index (χ1) is 9.19. The average Bonchev–Trinajstić information content (AvgIpc) is 2.75. The van der Waals surface area contributed by atoms with Gasteiger partial charge in [-0.1, -0.05) is 12.1 Å². The van der Waals surface area contributed by atoms with Gasteiger partial charge in [-0.2, -0.15) is 0 Å². The van der Waals surface area contributed by atoms with Gasteiger partial charge in [-0.25, -0.2) is 4.79 Å². The molecule has 0 aromatic heterocycles. The molecule has 2 heterocycles. The summed E-state index contributed by atoms with van der Waals surface area (Å²) in [5.41, 5.74) is 2.50. The van der Waals surface area contributed by atoms with Crippen LogP contribution in [0.3, 0.4) is 0 Å². The first kappa shape index (κ1) is 12.3. The summed E-state index contributed by atoms with van der Waals surface area (Å²) in [6.45, 7) is 5.68. The van der Waals surface area contributed by atoms with E-state index in [0.717, 1.165) is 18.7 Å². The van der Waals surface area contributed by atoms with E-state index in [2.05, 4.69) is 25.1 Å². The number of amides is 1. The molecule has 0 radical (unpaired) electrons. The van der Waals surface area contributed by atoms with E-state index in [4.69, 9.17) is 9.47 Å². The second kappa shape index (κ2) is 4.76. The minimum absolute atomic E-state index is 0.0787. The highest BCUT2D eigenvalue weighted by Gasteiger charge is 2.40. The molecular weight excluding hydrogens is 242 g/mol. The zero-order valence-electron chi connectivity index (χ0n) is 11.4.